The third-order valence-electron chi connectivity index (χ3n) is 2.08. The summed E-state index contributed by atoms with van der Waals surface area (Å²) in [6.45, 7) is 0.575. The van der Waals surface area contributed by atoms with Crippen LogP contribution in [0, 0.1) is 0 Å². The van der Waals surface area contributed by atoms with Gasteiger partial charge >= 0.3 is 0 Å². The van der Waals surface area contributed by atoms with Crippen LogP contribution >= 0.6 is 0 Å². The van der Waals surface area contributed by atoms with E-state index in [2.05, 4.69) is 4.98 Å². The quantitative estimate of drug-likeness (QED) is 0.795. The number of hydrogen-bond donors (Lipinski definition) is 1. The molecule has 0 saturated carbocycles. The molecule has 0 fully saturated rings. The molecule has 1 heterocycles. The van der Waals surface area contributed by atoms with E-state index in [0.29, 0.717) is 5.69 Å². The third kappa shape index (κ3) is 2.20. The Labute approximate surface area is 83.2 Å². The van der Waals surface area contributed by atoms with Gasteiger partial charge in [-0.2, -0.15) is 0 Å². The number of aliphatic hydroxyl groups is 1. The van der Waals surface area contributed by atoms with Crippen molar-refractivity contribution in [3.8, 4) is 0 Å². The van der Waals surface area contributed by atoms with Crippen molar-refractivity contribution >= 4 is 5.69 Å². The summed E-state index contributed by atoms with van der Waals surface area (Å²) < 4.78 is 12.4. The Morgan fingerprint density at radius 1 is 1.50 bits per heavy atom. The largest absolute Gasteiger partial charge is 0.381 e. The Hall–Kier alpha value is -1.16. The zero-order valence-corrected chi connectivity index (χ0v) is 8.66. The van der Waals surface area contributed by atoms with Crippen LogP contribution in [0.1, 0.15) is 12.6 Å². The third-order valence-corrected chi connectivity index (χ3v) is 2.08. The van der Waals surface area contributed by atoms with Gasteiger partial charge in [0.1, 0.15) is 12.3 Å². The summed E-state index contributed by atoms with van der Waals surface area (Å²) in [5, 5.41) is 9.57. The van der Waals surface area contributed by atoms with Gasteiger partial charge in [0.2, 0.25) is 0 Å². The minimum atomic E-state index is -1.48. The molecule has 1 aromatic heterocycles. The molecule has 0 bridgehead atoms. The zero-order valence-electron chi connectivity index (χ0n) is 8.66. The molecule has 0 aliphatic heterocycles. The van der Waals surface area contributed by atoms with Gasteiger partial charge < -0.3 is 10.0 Å². The van der Waals surface area contributed by atoms with Gasteiger partial charge in [0.05, 0.1) is 17.6 Å². The maximum atomic E-state index is 12.4. The topological polar surface area (TPSA) is 36.4 Å². The van der Waals surface area contributed by atoms with E-state index in [9.17, 15) is 9.50 Å². The standard InChI is InChI=1S/C10H15FN2O/c1-10(14,7-11)9-5-4-8(6-12-9)13(2)3/h4-6,14H,7H2,1-3H3. The van der Waals surface area contributed by atoms with Crippen LogP contribution in [-0.4, -0.2) is 30.9 Å². The van der Waals surface area contributed by atoms with Crippen LogP contribution in [-0.2, 0) is 5.60 Å². The highest BCUT2D eigenvalue weighted by Crippen LogP contribution is 2.20. The van der Waals surface area contributed by atoms with Gasteiger partial charge in [-0.15, -0.1) is 0 Å². The van der Waals surface area contributed by atoms with Crippen molar-refractivity contribution in [3.05, 3.63) is 24.0 Å². The van der Waals surface area contributed by atoms with Crippen molar-refractivity contribution in [1.82, 2.24) is 4.98 Å². The maximum Gasteiger partial charge on any atom is 0.132 e. The van der Waals surface area contributed by atoms with Gasteiger partial charge in [-0.25, -0.2) is 4.39 Å². The van der Waals surface area contributed by atoms with Gasteiger partial charge in [0.25, 0.3) is 0 Å². The Kier molecular flexibility index (Phi) is 3.06. The van der Waals surface area contributed by atoms with Crippen LogP contribution in [0.5, 0.6) is 0 Å². The normalized spacial score (nSPS) is 14.9. The van der Waals surface area contributed by atoms with Crippen LogP contribution < -0.4 is 4.90 Å². The summed E-state index contributed by atoms with van der Waals surface area (Å²) in [7, 11) is 3.79. The summed E-state index contributed by atoms with van der Waals surface area (Å²) in [6.07, 6.45) is 1.61. The highest BCUT2D eigenvalue weighted by atomic mass is 19.1. The molecule has 14 heavy (non-hydrogen) atoms. The molecule has 78 valence electrons. The summed E-state index contributed by atoms with van der Waals surface area (Å²) >= 11 is 0. The first-order chi connectivity index (χ1) is 6.47. The first kappa shape index (κ1) is 10.9. The Balaban J connectivity index is 2.94. The summed E-state index contributed by atoms with van der Waals surface area (Å²) in [5.41, 5.74) is -0.209. The Morgan fingerprint density at radius 3 is 2.50 bits per heavy atom. The van der Waals surface area contributed by atoms with Gasteiger partial charge in [-0.3, -0.25) is 4.98 Å². The molecule has 0 amide bonds. The number of alkyl halides is 1. The summed E-state index contributed by atoms with van der Waals surface area (Å²) in [5.74, 6) is 0. The van der Waals surface area contributed by atoms with E-state index < -0.39 is 12.3 Å². The van der Waals surface area contributed by atoms with Crippen molar-refractivity contribution in [3.63, 3.8) is 0 Å². The predicted molar refractivity (Wildman–Crippen MR) is 54.1 cm³/mol. The van der Waals surface area contributed by atoms with Crippen molar-refractivity contribution in [2.24, 2.45) is 0 Å². The molecule has 3 nitrogen and oxygen atoms in total. The molecule has 1 N–H and O–H groups in total. The first-order valence-corrected chi connectivity index (χ1v) is 4.39. The van der Waals surface area contributed by atoms with Gasteiger partial charge in [-0.05, 0) is 19.1 Å². The van der Waals surface area contributed by atoms with E-state index in [4.69, 9.17) is 0 Å². The lowest BCUT2D eigenvalue weighted by molar-refractivity contribution is 0.0259. The van der Waals surface area contributed by atoms with Crippen LogP contribution in [0.25, 0.3) is 0 Å². The van der Waals surface area contributed by atoms with E-state index in [1.165, 1.54) is 6.92 Å². The lowest BCUT2D eigenvalue weighted by Gasteiger charge is -2.19. The molecule has 0 saturated heterocycles. The molecule has 1 rings (SSSR count). The molecule has 1 atom stereocenters. The van der Waals surface area contributed by atoms with Crippen molar-refractivity contribution < 1.29 is 9.50 Å². The maximum absolute atomic E-state index is 12.4. The second-order valence-corrected chi connectivity index (χ2v) is 3.70. The number of nitrogens with zero attached hydrogens (tertiary/aromatic N) is 2. The van der Waals surface area contributed by atoms with E-state index >= 15 is 0 Å². The van der Waals surface area contributed by atoms with Crippen LogP contribution in [0.4, 0.5) is 10.1 Å². The number of halogens is 1. The molecule has 0 aromatic carbocycles. The van der Waals surface area contributed by atoms with Gasteiger partial charge in [0.15, 0.2) is 0 Å². The highest BCUT2D eigenvalue weighted by molar-refractivity contribution is 5.43. The van der Waals surface area contributed by atoms with E-state index in [1.54, 1.807) is 18.3 Å². The van der Waals surface area contributed by atoms with Gasteiger partial charge in [-0.1, -0.05) is 0 Å². The fraction of sp³-hybridized carbons (Fsp3) is 0.500. The van der Waals surface area contributed by atoms with E-state index in [1.807, 2.05) is 19.0 Å². The number of anilines is 1. The van der Waals surface area contributed by atoms with Crippen LogP contribution in [0.2, 0.25) is 0 Å². The smallest absolute Gasteiger partial charge is 0.132 e. The molecule has 1 aromatic rings. The molecule has 0 aliphatic carbocycles. The minimum Gasteiger partial charge on any atom is -0.381 e. The number of aromatic nitrogens is 1. The van der Waals surface area contributed by atoms with Crippen LogP contribution in [0.15, 0.2) is 18.3 Å². The van der Waals surface area contributed by atoms with E-state index in [0.717, 1.165) is 5.69 Å². The molecule has 0 spiro atoms. The van der Waals surface area contributed by atoms with Gasteiger partial charge in [0, 0.05) is 14.1 Å². The molecule has 0 aliphatic rings. The predicted octanol–water partition coefficient (Wildman–Crippen LogP) is 1.32. The molecule has 4 heteroatoms. The number of pyridine rings is 1. The minimum absolute atomic E-state index is 0.352. The summed E-state index contributed by atoms with van der Waals surface area (Å²) in [6, 6.07) is 3.43. The average molecular weight is 198 g/mol. The lowest BCUT2D eigenvalue weighted by atomic mass is 10.0. The zero-order chi connectivity index (χ0) is 10.8. The van der Waals surface area contributed by atoms with Crippen molar-refractivity contribution in [1.29, 1.82) is 0 Å². The van der Waals surface area contributed by atoms with Crippen molar-refractivity contribution in [2.45, 2.75) is 12.5 Å². The Morgan fingerprint density at radius 2 is 2.14 bits per heavy atom. The molecular formula is C10H15FN2O. The number of rotatable bonds is 3. The SMILES string of the molecule is CN(C)c1ccc(C(C)(O)CF)nc1. The fourth-order valence-corrected chi connectivity index (χ4v) is 1.04. The monoisotopic (exact) mass is 198 g/mol. The summed E-state index contributed by atoms with van der Waals surface area (Å²) in [4.78, 5) is 5.90. The molecule has 1 unspecified atom stereocenters. The Bertz CT molecular complexity index is 295. The second-order valence-electron chi connectivity index (χ2n) is 3.70. The molecule has 0 radical (unpaired) electrons. The number of hydrogen-bond acceptors (Lipinski definition) is 3. The highest BCUT2D eigenvalue weighted by Gasteiger charge is 2.24. The van der Waals surface area contributed by atoms with E-state index in [-0.39, 0.29) is 0 Å². The second kappa shape index (κ2) is 3.92. The fourth-order valence-electron chi connectivity index (χ4n) is 1.04. The van der Waals surface area contributed by atoms with Crippen LogP contribution in [0.3, 0.4) is 0 Å². The first-order valence-electron chi connectivity index (χ1n) is 4.39. The molecular weight excluding hydrogens is 183 g/mol. The van der Waals surface area contributed by atoms with Crippen molar-refractivity contribution in [2.75, 3.05) is 25.7 Å². The average Bonchev–Trinajstić information content (AvgIpc) is 2.18. The lowest BCUT2D eigenvalue weighted by Crippen LogP contribution is -2.25.